The van der Waals surface area contributed by atoms with Crippen molar-refractivity contribution in [2.24, 2.45) is 0 Å². The highest BCUT2D eigenvalue weighted by atomic mass is 19.1. The monoisotopic (exact) mass is 566 g/mol. The Kier molecular flexibility index (Phi) is 7.31. The highest BCUT2D eigenvalue weighted by Gasteiger charge is 2.42. The molecule has 1 atom stereocenters. The van der Waals surface area contributed by atoms with Crippen LogP contribution in [0.25, 0.3) is 22.3 Å². The molecule has 1 saturated carbocycles. The molecule has 2 aromatic carbocycles. The average Bonchev–Trinajstić information content (AvgIpc) is 3.41. The number of aromatic nitrogens is 4. The standard InChI is InChI=1S/C31H31FN8O2/c1-2-37-31(12-13-31)16-20(17-33)30(41)39-14-6-7-21(39)18-40-29-26(28(34)35-19-36-29)27(38-40)24-11-10-23(15-25(24)32)42-22-8-4-3-5-9-22/h3-5,8-11,15-16,19,21,37H,2,6-7,12-14,18H2,1H3,(H2,34,35,36)/t21-/m1/s1. The molecule has 0 radical (unpaired) electrons. The zero-order valence-electron chi connectivity index (χ0n) is 23.3. The van der Waals surface area contributed by atoms with Crippen LogP contribution in [0.4, 0.5) is 10.2 Å². The van der Waals surface area contributed by atoms with Crippen LogP contribution >= 0.6 is 0 Å². The fourth-order valence-corrected chi connectivity index (χ4v) is 5.65. The van der Waals surface area contributed by atoms with Crippen molar-refractivity contribution >= 4 is 22.8 Å². The molecule has 214 valence electrons. The van der Waals surface area contributed by atoms with Crippen LogP contribution in [0, 0.1) is 17.1 Å². The van der Waals surface area contributed by atoms with Crippen LogP contribution in [0.15, 0.2) is 66.5 Å². The fraction of sp³-hybridized carbons (Fsp3) is 0.323. The summed E-state index contributed by atoms with van der Waals surface area (Å²) in [5.41, 5.74) is 7.12. The zero-order valence-corrected chi connectivity index (χ0v) is 23.3. The maximum Gasteiger partial charge on any atom is 0.264 e. The van der Waals surface area contributed by atoms with E-state index < -0.39 is 5.82 Å². The number of likely N-dealkylation sites (tertiary alicyclic amines) is 1. The summed E-state index contributed by atoms with van der Waals surface area (Å²) >= 11 is 0. The number of benzene rings is 2. The summed E-state index contributed by atoms with van der Waals surface area (Å²) in [5.74, 6) is 0.303. The van der Waals surface area contributed by atoms with E-state index in [0.29, 0.717) is 41.3 Å². The first-order valence-electron chi connectivity index (χ1n) is 14.1. The lowest BCUT2D eigenvalue weighted by atomic mass is 10.1. The molecule has 1 amide bonds. The van der Waals surface area contributed by atoms with Gasteiger partial charge in [-0.05, 0) is 62.6 Å². The normalized spacial score (nSPS) is 17.8. The van der Waals surface area contributed by atoms with Gasteiger partial charge >= 0.3 is 0 Å². The van der Waals surface area contributed by atoms with E-state index >= 15 is 4.39 Å². The van der Waals surface area contributed by atoms with Gasteiger partial charge in [-0.2, -0.15) is 10.4 Å². The predicted octanol–water partition coefficient (Wildman–Crippen LogP) is 4.59. The van der Waals surface area contributed by atoms with E-state index in [0.717, 1.165) is 32.2 Å². The van der Waals surface area contributed by atoms with Crippen molar-refractivity contribution in [3.63, 3.8) is 0 Å². The van der Waals surface area contributed by atoms with Crippen molar-refractivity contribution in [2.75, 3.05) is 18.8 Å². The molecule has 1 aliphatic carbocycles. The van der Waals surface area contributed by atoms with Gasteiger partial charge in [0, 0.05) is 23.7 Å². The van der Waals surface area contributed by atoms with E-state index in [1.807, 2.05) is 25.1 Å². The molecule has 3 N–H and O–H groups in total. The second-order valence-corrected chi connectivity index (χ2v) is 10.7. The molecule has 3 heterocycles. The van der Waals surface area contributed by atoms with Gasteiger partial charge in [0.05, 0.1) is 18.0 Å². The van der Waals surface area contributed by atoms with Crippen molar-refractivity contribution in [1.82, 2.24) is 30.0 Å². The number of carbonyl (C=O) groups is 1. The van der Waals surface area contributed by atoms with E-state index in [1.54, 1.807) is 39.9 Å². The second kappa shape index (κ2) is 11.2. The zero-order chi connectivity index (χ0) is 29.3. The van der Waals surface area contributed by atoms with Crippen LogP contribution in [0.3, 0.4) is 0 Å². The highest BCUT2D eigenvalue weighted by molar-refractivity contribution is 5.99. The van der Waals surface area contributed by atoms with Gasteiger partial charge in [-0.15, -0.1) is 0 Å². The predicted molar refractivity (Wildman–Crippen MR) is 156 cm³/mol. The summed E-state index contributed by atoms with van der Waals surface area (Å²) in [7, 11) is 0. The van der Waals surface area contributed by atoms with Crippen molar-refractivity contribution < 1.29 is 13.9 Å². The first kappa shape index (κ1) is 27.4. The number of nitrogen functional groups attached to an aromatic ring is 1. The van der Waals surface area contributed by atoms with Crippen LogP contribution in [0.1, 0.15) is 32.6 Å². The molecular formula is C31H31FN8O2. The molecule has 0 unspecified atom stereocenters. The van der Waals surface area contributed by atoms with Gasteiger partial charge in [-0.25, -0.2) is 19.0 Å². The smallest absolute Gasteiger partial charge is 0.264 e. The molecule has 2 aromatic heterocycles. The molecule has 1 aliphatic heterocycles. The number of likely N-dealkylation sites (N-methyl/N-ethyl adjacent to an activating group) is 1. The van der Waals surface area contributed by atoms with Gasteiger partial charge < -0.3 is 20.7 Å². The lowest BCUT2D eigenvalue weighted by molar-refractivity contribution is -0.127. The molecule has 0 bridgehead atoms. The van der Waals surface area contributed by atoms with Crippen LogP contribution in [-0.4, -0.2) is 55.2 Å². The molecule has 6 rings (SSSR count). The molecule has 42 heavy (non-hydrogen) atoms. The van der Waals surface area contributed by atoms with Crippen LogP contribution in [0.2, 0.25) is 0 Å². The first-order chi connectivity index (χ1) is 20.4. The van der Waals surface area contributed by atoms with Crippen LogP contribution < -0.4 is 15.8 Å². The average molecular weight is 567 g/mol. The van der Waals surface area contributed by atoms with Crippen molar-refractivity contribution in [1.29, 1.82) is 5.26 Å². The van der Waals surface area contributed by atoms with Gasteiger partial charge in [0.15, 0.2) is 5.65 Å². The Balaban J connectivity index is 1.29. The Labute approximate surface area is 242 Å². The summed E-state index contributed by atoms with van der Waals surface area (Å²) in [5, 5.41) is 18.4. The van der Waals surface area contributed by atoms with Gasteiger partial charge in [0.2, 0.25) is 0 Å². The maximum absolute atomic E-state index is 15.5. The van der Waals surface area contributed by atoms with E-state index in [4.69, 9.17) is 15.6 Å². The van der Waals surface area contributed by atoms with Gasteiger partial charge in [-0.1, -0.05) is 25.1 Å². The lowest BCUT2D eigenvalue weighted by Crippen LogP contribution is -2.40. The van der Waals surface area contributed by atoms with Crippen molar-refractivity contribution in [3.05, 3.63) is 72.3 Å². The number of nitriles is 1. The largest absolute Gasteiger partial charge is 0.457 e. The SMILES string of the molecule is CCNC1(C=C(C#N)C(=O)N2CCC[C@@H]2Cn2nc(-c3ccc(Oc4ccccc4)cc3F)c3c(N)ncnc32)CC1. The van der Waals surface area contributed by atoms with Crippen molar-refractivity contribution in [2.45, 2.75) is 50.7 Å². The van der Waals surface area contributed by atoms with E-state index in [-0.39, 0.29) is 34.4 Å². The van der Waals surface area contributed by atoms with Gasteiger partial charge in [-0.3, -0.25) is 4.79 Å². The van der Waals surface area contributed by atoms with E-state index in [2.05, 4.69) is 21.4 Å². The molecule has 11 heteroatoms. The number of nitrogens with one attached hydrogen (secondary N) is 1. The Bertz CT molecular complexity index is 1710. The number of ether oxygens (including phenoxy) is 1. The number of nitrogens with two attached hydrogens (primary N) is 1. The molecular weight excluding hydrogens is 535 g/mol. The quantitative estimate of drug-likeness (QED) is 0.222. The minimum Gasteiger partial charge on any atom is -0.457 e. The summed E-state index contributed by atoms with van der Waals surface area (Å²) in [6, 6.07) is 15.6. The Morgan fingerprint density at radius 1 is 1.24 bits per heavy atom. The third-order valence-electron chi connectivity index (χ3n) is 7.84. The molecule has 10 nitrogen and oxygen atoms in total. The molecule has 2 aliphatic rings. The minimum atomic E-state index is -0.533. The molecule has 0 spiro atoms. The highest BCUT2D eigenvalue weighted by Crippen LogP contribution is 2.38. The number of para-hydroxylation sites is 1. The molecule has 4 aromatic rings. The minimum absolute atomic E-state index is 0.151. The van der Waals surface area contributed by atoms with Crippen LogP contribution in [-0.2, 0) is 11.3 Å². The molecule has 2 fully saturated rings. The van der Waals surface area contributed by atoms with E-state index in [1.165, 1.54) is 12.4 Å². The number of halogens is 1. The number of amides is 1. The first-order valence-corrected chi connectivity index (χ1v) is 14.1. The molecule has 1 saturated heterocycles. The third-order valence-corrected chi connectivity index (χ3v) is 7.84. The lowest BCUT2D eigenvalue weighted by Gasteiger charge is -2.25. The Morgan fingerprint density at radius 3 is 2.76 bits per heavy atom. The number of hydrogen-bond donors (Lipinski definition) is 2. The summed E-state index contributed by atoms with van der Waals surface area (Å²) in [4.78, 5) is 23.8. The van der Waals surface area contributed by atoms with Gasteiger partial charge in [0.25, 0.3) is 5.91 Å². The summed E-state index contributed by atoms with van der Waals surface area (Å²) < 4.78 is 22.9. The summed E-state index contributed by atoms with van der Waals surface area (Å²) in [6.45, 7) is 3.62. The Hall–Kier alpha value is -4.82. The summed E-state index contributed by atoms with van der Waals surface area (Å²) in [6.07, 6.45) is 6.48. The van der Waals surface area contributed by atoms with Crippen molar-refractivity contribution in [3.8, 4) is 28.8 Å². The van der Waals surface area contributed by atoms with E-state index in [9.17, 15) is 10.1 Å². The number of hydrogen-bond acceptors (Lipinski definition) is 8. The number of fused-ring (bicyclic) bond motifs is 1. The Morgan fingerprint density at radius 2 is 2.05 bits per heavy atom. The number of rotatable bonds is 9. The number of nitrogens with zero attached hydrogens (tertiary/aromatic N) is 6. The third kappa shape index (κ3) is 5.29. The number of anilines is 1. The van der Waals surface area contributed by atoms with Crippen LogP contribution in [0.5, 0.6) is 11.5 Å². The maximum atomic E-state index is 15.5. The topological polar surface area (TPSA) is 135 Å². The fourth-order valence-electron chi connectivity index (χ4n) is 5.65. The second-order valence-electron chi connectivity index (χ2n) is 10.7. The van der Waals surface area contributed by atoms with Gasteiger partial charge in [0.1, 0.15) is 46.8 Å². The number of carbonyl (C=O) groups excluding carboxylic acids is 1.